The van der Waals surface area contributed by atoms with E-state index in [1.54, 1.807) is 19.4 Å². The van der Waals surface area contributed by atoms with E-state index in [0.717, 1.165) is 12.0 Å². The van der Waals surface area contributed by atoms with Crippen LogP contribution in [0, 0.1) is 0 Å². The van der Waals surface area contributed by atoms with Gasteiger partial charge in [0.2, 0.25) is 5.95 Å². The van der Waals surface area contributed by atoms with Crippen LogP contribution in [0.15, 0.2) is 24.5 Å². The Morgan fingerprint density at radius 1 is 1.17 bits per heavy atom. The summed E-state index contributed by atoms with van der Waals surface area (Å²) in [5.74, 6) is 1.06. The highest BCUT2D eigenvalue weighted by Gasteiger charge is 2.08. The largest absolute Gasteiger partial charge is 0.463 e. The average Bonchev–Trinajstić information content (AvgIpc) is 2.45. The molecule has 0 aliphatic carbocycles. The van der Waals surface area contributed by atoms with Crippen molar-refractivity contribution in [2.45, 2.75) is 13.3 Å². The molecule has 0 amide bonds. The molecule has 0 aliphatic rings. The lowest BCUT2D eigenvalue weighted by atomic mass is 10.2. The molecule has 0 aromatic carbocycles. The summed E-state index contributed by atoms with van der Waals surface area (Å²) in [7, 11) is 1.76. The Balaban J connectivity index is 2.35. The minimum absolute atomic E-state index is 0.336. The lowest BCUT2D eigenvalue weighted by molar-refractivity contribution is 0.292. The van der Waals surface area contributed by atoms with Crippen LogP contribution in [0.2, 0.25) is 0 Å². The maximum Gasteiger partial charge on any atom is 0.321 e. The average molecular weight is 245 g/mol. The van der Waals surface area contributed by atoms with Gasteiger partial charge in [-0.2, -0.15) is 15.0 Å². The number of aromatic nitrogens is 4. The first-order valence-corrected chi connectivity index (χ1v) is 5.80. The first-order valence-electron chi connectivity index (χ1n) is 5.80. The molecular weight excluding hydrogens is 230 g/mol. The van der Waals surface area contributed by atoms with Crippen LogP contribution in [0.4, 0.5) is 5.95 Å². The zero-order valence-electron chi connectivity index (χ0n) is 10.4. The highest BCUT2D eigenvalue weighted by atomic mass is 16.5. The highest BCUT2D eigenvalue weighted by molar-refractivity contribution is 5.55. The number of anilines is 1. The highest BCUT2D eigenvalue weighted by Crippen LogP contribution is 2.17. The van der Waals surface area contributed by atoms with Crippen LogP contribution in [-0.4, -0.2) is 33.6 Å². The number of rotatable bonds is 5. The second kappa shape index (κ2) is 5.90. The van der Waals surface area contributed by atoms with E-state index in [4.69, 9.17) is 4.74 Å². The van der Waals surface area contributed by atoms with Crippen LogP contribution in [0.3, 0.4) is 0 Å². The molecule has 1 N–H and O–H groups in total. The van der Waals surface area contributed by atoms with Crippen molar-refractivity contribution in [3.8, 4) is 17.4 Å². The van der Waals surface area contributed by atoms with E-state index in [0.29, 0.717) is 24.4 Å². The van der Waals surface area contributed by atoms with Gasteiger partial charge in [0.15, 0.2) is 5.82 Å². The Hall–Kier alpha value is -2.24. The van der Waals surface area contributed by atoms with Gasteiger partial charge in [0.05, 0.1) is 6.61 Å². The maximum absolute atomic E-state index is 5.44. The Bertz CT molecular complexity index is 503. The van der Waals surface area contributed by atoms with E-state index in [2.05, 4.69) is 25.3 Å². The minimum atomic E-state index is 0.336. The fourth-order valence-corrected chi connectivity index (χ4v) is 1.36. The molecule has 18 heavy (non-hydrogen) atoms. The quantitative estimate of drug-likeness (QED) is 0.865. The molecule has 94 valence electrons. The van der Waals surface area contributed by atoms with Crippen molar-refractivity contribution < 1.29 is 4.74 Å². The topological polar surface area (TPSA) is 72.8 Å². The molecule has 0 radical (unpaired) electrons. The van der Waals surface area contributed by atoms with Gasteiger partial charge < -0.3 is 10.1 Å². The summed E-state index contributed by atoms with van der Waals surface area (Å²) in [4.78, 5) is 16.7. The molecular formula is C12H15N5O. The maximum atomic E-state index is 5.44. The van der Waals surface area contributed by atoms with E-state index < -0.39 is 0 Å². The van der Waals surface area contributed by atoms with Crippen molar-refractivity contribution in [2.75, 3.05) is 19.0 Å². The third kappa shape index (κ3) is 2.91. The molecule has 0 spiro atoms. The standard InChI is InChI=1S/C12H15N5O/c1-3-8-18-12-16-10(15-11(13-2)17-12)9-4-6-14-7-5-9/h4-7H,3,8H2,1-2H3,(H,13,15,16,17). The van der Waals surface area contributed by atoms with Crippen molar-refractivity contribution in [2.24, 2.45) is 0 Å². The number of nitrogens with one attached hydrogen (secondary N) is 1. The summed E-state index contributed by atoms with van der Waals surface area (Å²) >= 11 is 0. The molecule has 2 aromatic heterocycles. The van der Waals surface area contributed by atoms with Crippen molar-refractivity contribution in [1.82, 2.24) is 19.9 Å². The zero-order chi connectivity index (χ0) is 12.8. The van der Waals surface area contributed by atoms with Crippen LogP contribution in [0.1, 0.15) is 13.3 Å². The van der Waals surface area contributed by atoms with Gasteiger partial charge in [0.1, 0.15) is 0 Å². The van der Waals surface area contributed by atoms with Crippen LogP contribution in [0.25, 0.3) is 11.4 Å². The van der Waals surface area contributed by atoms with Crippen LogP contribution in [0.5, 0.6) is 6.01 Å². The summed E-state index contributed by atoms with van der Waals surface area (Å²) < 4.78 is 5.44. The lowest BCUT2D eigenvalue weighted by Gasteiger charge is -2.07. The Kier molecular flexibility index (Phi) is 4.01. The molecule has 0 bridgehead atoms. The van der Waals surface area contributed by atoms with Gasteiger partial charge in [-0.05, 0) is 18.6 Å². The Morgan fingerprint density at radius 2 is 1.94 bits per heavy atom. The molecule has 2 heterocycles. The first-order chi connectivity index (χ1) is 8.83. The lowest BCUT2D eigenvalue weighted by Crippen LogP contribution is -2.06. The molecule has 0 fully saturated rings. The molecule has 2 aromatic rings. The second-order valence-corrected chi connectivity index (χ2v) is 3.60. The molecule has 0 aliphatic heterocycles. The number of hydrogen-bond donors (Lipinski definition) is 1. The monoisotopic (exact) mass is 245 g/mol. The molecule has 0 unspecified atom stereocenters. The second-order valence-electron chi connectivity index (χ2n) is 3.60. The summed E-state index contributed by atoms with van der Waals surface area (Å²) in [6, 6.07) is 4.03. The van der Waals surface area contributed by atoms with Gasteiger partial charge in [-0.15, -0.1) is 0 Å². The number of ether oxygens (including phenoxy) is 1. The third-order valence-electron chi connectivity index (χ3n) is 2.21. The van der Waals surface area contributed by atoms with Crippen LogP contribution < -0.4 is 10.1 Å². The Labute approximate surface area is 105 Å². The number of hydrogen-bond acceptors (Lipinski definition) is 6. The summed E-state index contributed by atoms with van der Waals surface area (Å²) in [5, 5.41) is 2.90. The Morgan fingerprint density at radius 3 is 2.61 bits per heavy atom. The zero-order valence-corrected chi connectivity index (χ0v) is 10.4. The van der Waals surface area contributed by atoms with Gasteiger partial charge in [0.25, 0.3) is 0 Å². The van der Waals surface area contributed by atoms with Crippen molar-refractivity contribution in [1.29, 1.82) is 0 Å². The van der Waals surface area contributed by atoms with E-state index >= 15 is 0 Å². The number of nitrogens with zero attached hydrogens (tertiary/aromatic N) is 4. The van der Waals surface area contributed by atoms with Crippen molar-refractivity contribution in [3.05, 3.63) is 24.5 Å². The first kappa shape index (κ1) is 12.2. The van der Waals surface area contributed by atoms with E-state index in [-0.39, 0.29) is 0 Å². The van der Waals surface area contributed by atoms with Crippen molar-refractivity contribution in [3.63, 3.8) is 0 Å². The number of pyridine rings is 1. The fourth-order valence-electron chi connectivity index (χ4n) is 1.36. The summed E-state index contributed by atoms with van der Waals surface area (Å²) in [6.07, 6.45) is 4.31. The van der Waals surface area contributed by atoms with E-state index in [1.165, 1.54) is 0 Å². The van der Waals surface area contributed by atoms with Gasteiger partial charge in [-0.3, -0.25) is 4.98 Å². The SMILES string of the molecule is CCCOc1nc(NC)nc(-c2ccncc2)n1. The molecule has 0 saturated heterocycles. The molecule has 0 saturated carbocycles. The van der Waals surface area contributed by atoms with E-state index in [1.807, 2.05) is 19.1 Å². The van der Waals surface area contributed by atoms with Gasteiger partial charge in [-0.1, -0.05) is 6.92 Å². The predicted octanol–water partition coefficient (Wildman–Crippen LogP) is 1.76. The van der Waals surface area contributed by atoms with Crippen LogP contribution >= 0.6 is 0 Å². The van der Waals surface area contributed by atoms with Crippen LogP contribution in [-0.2, 0) is 0 Å². The fraction of sp³-hybridized carbons (Fsp3) is 0.333. The minimum Gasteiger partial charge on any atom is -0.463 e. The molecule has 0 atom stereocenters. The van der Waals surface area contributed by atoms with E-state index in [9.17, 15) is 0 Å². The smallest absolute Gasteiger partial charge is 0.321 e. The summed E-state index contributed by atoms with van der Waals surface area (Å²) in [5.41, 5.74) is 0.880. The van der Waals surface area contributed by atoms with Gasteiger partial charge in [-0.25, -0.2) is 0 Å². The molecule has 6 heteroatoms. The normalized spacial score (nSPS) is 10.1. The third-order valence-corrected chi connectivity index (χ3v) is 2.21. The van der Waals surface area contributed by atoms with Gasteiger partial charge in [0, 0.05) is 25.0 Å². The summed E-state index contributed by atoms with van der Waals surface area (Å²) in [6.45, 7) is 2.62. The molecule has 2 rings (SSSR count). The molecule has 6 nitrogen and oxygen atoms in total. The van der Waals surface area contributed by atoms with Crippen molar-refractivity contribution >= 4 is 5.95 Å². The van der Waals surface area contributed by atoms with Gasteiger partial charge >= 0.3 is 6.01 Å². The predicted molar refractivity (Wildman–Crippen MR) is 68.4 cm³/mol.